The number of allylic oxidation sites excluding steroid dienone is 2. The van der Waals surface area contributed by atoms with Crippen molar-refractivity contribution < 1.29 is 4.79 Å². The molecule has 0 saturated heterocycles. The summed E-state index contributed by atoms with van der Waals surface area (Å²) in [5.74, 6) is -0.225. The molecule has 0 bridgehead atoms. The van der Waals surface area contributed by atoms with Gasteiger partial charge in [0.1, 0.15) is 5.16 Å². The van der Waals surface area contributed by atoms with Crippen molar-refractivity contribution >= 4 is 34.6 Å². The van der Waals surface area contributed by atoms with Crippen molar-refractivity contribution in [2.75, 3.05) is 0 Å². The minimum Gasteiger partial charge on any atom is -0.348 e. The SMILES string of the molecule is C=C/C=C(Cl)\N=C/Cc1cc(C(=O)NCc2c(C)cc(C)[nH]c2=O)c2c(C)cn(C(C)C)c2c1. The van der Waals surface area contributed by atoms with Gasteiger partial charge in [0.05, 0.1) is 0 Å². The highest BCUT2D eigenvalue weighted by atomic mass is 35.5. The lowest BCUT2D eigenvalue weighted by Crippen LogP contribution is -2.28. The van der Waals surface area contributed by atoms with Gasteiger partial charge in [-0.1, -0.05) is 24.3 Å². The van der Waals surface area contributed by atoms with Gasteiger partial charge in [0, 0.05) is 59.1 Å². The number of fused-ring (bicyclic) bond motifs is 1. The number of aromatic nitrogens is 2. The van der Waals surface area contributed by atoms with Crippen LogP contribution in [0.5, 0.6) is 0 Å². The quantitative estimate of drug-likeness (QED) is 0.249. The molecule has 0 aliphatic heterocycles. The molecule has 2 heterocycles. The minimum atomic E-state index is -0.225. The minimum absolute atomic E-state index is 0.152. The molecule has 0 aliphatic rings. The molecule has 2 N–H and O–H groups in total. The highest BCUT2D eigenvalue weighted by molar-refractivity contribution is 6.29. The average molecular weight is 479 g/mol. The van der Waals surface area contributed by atoms with Crippen LogP contribution in [0.25, 0.3) is 10.9 Å². The number of halogens is 1. The molecule has 2 aromatic heterocycles. The Kier molecular flexibility index (Phi) is 7.94. The summed E-state index contributed by atoms with van der Waals surface area (Å²) < 4.78 is 2.17. The number of rotatable bonds is 8. The molecule has 6 nitrogen and oxygen atoms in total. The fourth-order valence-electron chi connectivity index (χ4n) is 4.11. The monoisotopic (exact) mass is 478 g/mol. The van der Waals surface area contributed by atoms with E-state index >= 15 is 0 Å². The van der Waals surface area contributed by atoms with E-state index in [9.17, 15) is 9.59 Å². The summed E-state index contributed by atoms with van der Waals surface area (Å²) >= 11 is 6.02. The summed E-state index contributed by atoms with van der Waals surface area (Å²) in [4.78, 5) is 32.8. The Morgan fingerprint density at radius 3 is 2.62 bits per heavy atom. The number of pyridine rings is 1. The first-order chi connectivity index (χ1) is 16.1. The van der Waals surface area contributed by atoms with Crippen LogP contribution in [0.2, 0.25) is 0 Å². The maximum Gasteiger partial charge on any atom is 0.253 e. The van der Waals surface area contributed by atoms with E-state index in [1.165, 1.54) is 0 Å². The third-order valence-electron chi connectivity index (χ3n) is 5.70. The molecule has 3 rings (SSSR count). The number of nitrogens with one attached hydrogen (secondary N) is 2. The number of aryl methyl sites for hydroxylation is 3. The van der Waals surface area contributed by atoms with Crippen LogP contribution in [-0.4, -0.2) is 21.7 Å². The molecule has 0 aliphatic carbocycles. The van der Waals surface area contributed by atoms with E-state index in [4.69, 9.17) is 11.6 Å². The van der Waals surface area contributed by atoms with E-state index in [1.54, 1.807) is 18.4 Å². The number of nitrogens with zero attached hydrogens (tertiary/aromatic N) is 2. The average Bonchev–Trinajstić information content (AvgIpc) is 3.09. The van der Waals surface area contributed by atoms with E-state index in [0.29, 0.717) is 22.7 Å². The van der Waals surface area contributed by atoms with Gasteiger partial charge in [-0.15, -0.1) is 0 Å². The highest BCUT2D eigenvalue weighted by Crippen LogP contribution is 2.29. The smallest absolute Gasteiger partial charge is 0.253 e. The van der Waals surface area contributed by atoms with Crippen molar-refractivity contribution in [1.82, 2.24) is 14.9 Å². The normalized spacial score (nSPS) is 12.1. The number of hydrogen-bond acceptors (Lipinski definition) is 3. The lowest BCUT2D eigenvalue weighted by molar-refractivity contribution is 0.0952. The molecule has 0 spiro atoms. The van der Waals surface area contributed by atoms with Gasteiger partial charge in [0.2, 0.25) is 0 Å². The predicted molar refractivity (Wildman–Crippen MR) is 141 cm³/mol. The van der Waals surface area contributed by atoms with E-state index in [0.717, 1.165) is 33.3 Å². The zero-order valence-corrected chi connectivity index (χ0v) is 21.1. The maximum absolute atomic E-state index is 13.4. The first-order valence-corrected chi connectivity index (χ1v) is 11.6. The Hall–Kier alpha value is -3.38. The van der Waals surface area contributed by atoms with Crippen LogP contribution in [0.3, 0.4) is 0 Å². The zero-order valence-electron chi connectivity index (χ0n) is 20.3. The molecule has 1 aromatic carbocycles. The van der Waals surface area contributed by atoms with Crippen molar-refractivity contribution in [1.29, 1.82) is 0 Å². The van der Waals surface area contributed by atoms with Crippen LogP contribution in [0.4, 0.5) is 0 Å². The maximum atomic E-state index is 13.4. The van der Waals surface area contributed by atoms with Crippen LogP contribution in [0.15, 0.2) is 58.1 Å². The summed E-state index contributed by atoms with van der Waals surface area (Å²) in [6.45, 7) is 13.7. The number of aliphatic imine (C=N–C) groups is 1. The van der Waals surface area contributed by atoms with Gasteiger partial charge in [-0.2, -0.15) is 0 Å². The largest absolute Gasteiger partial charge is 0.348 e. The van der Waals surface area contributed by atoms with Crippen LogP contribution in [-0.2, 0) is 13.0 Å². The topological polar surface area (TPSA) is 79.2 Å². The second-order valence-electron chi connectivity index (χ2n) is 8.72. The zero-order chi connectivity index (χ0) is 25.0. The van der Waals surface area contributed by atoms with Gasteiger partial charge in [0.15, 0.2) is 0 Å². The molecule has 3 aromatic rings. The lowest BCUT2D eigenvalue weighted by atomic mass is 10.0. The lowest BCUT2D eigenvalue weighted by Gasteiger charge is -2.13. The fraction of sp³-hybridized carbons (Fsp3) is 0.296. The number of H-pyrrole nitrogens is 1. The number of carbonyl (C=O) groups is 1. The molecule has 0 saturated carbocycles. The Balaban J connectivity index is 2.00. The molecule has 34 heavy (non-hydrogen) atoms. The van der Waals surface area contributed by atoms with E-state index in [1.807, 2.05) is 32.9 Å². The molecule has 0 unspecified atom stereocenters. The van der Waals surface area contributed by atoms with Crippen molar-refractivity contribution in [2.45, 2.75) is 53.6 Å². The number of benzene rings is 1. The van der Waals surface area contributed by atoms with Gasteiger partial charge in [0.25, 0.3) is 11.5 Å². The van der Waals surface area contributed by atoms with E-state index < -0.39 is 0 Å². The van der Waals surface area contributed by atoms with Crippen molar-refractivity contribution in [3.63, 3.8) is 0 Å². The highest BCUT2D eigenvalue weighted by Gasteiger charge is 2.18. The van der Waals surface area contributed by atoms with Crippen LogP contribution < -0.4 is 10.9 Å². The number of amides is 1. The van der Waals surface area contributed by atoms with E-state index in [-0.39, 0.29) is 24.1 Å². The third kappa shape index (κ3) is 5.57. The molecule has 7 heteroatoms. The van der Waals surface area contributed by atoms with Gasteiger partial charge >= 0.3 is 0 Å². The second-order valence-corrected chi connectivity index (χ2v) is 9.10. The summed E-state index contributed by atoms with van der Waals surface area (Å²) in [6, 6.07) is 6.11. The number of carbonyl (C=O) groups excluding carboxylic acids is 1. The van der Waals surface area contributed by atoms with Gasteiger partial charge in [-0.05, 0) is 75.6 Å². The van der Waals surface area contributed by atoms with Crippen LogP contribution in [0.1, 0.15) is 58.2 Å². The van der Waals surface area contributed by atoms with E-state index in [2.05, 4.69) is 52.5 Å². The summed E-state index contributed by atoms with van der Waals surface area (Å²) in [7, 11) is 0. The Morgan fingerprint density at radius 1 is 1.24 bits per heavy atom. The molecule has 0 atom stereocenters. The Bertz CT molecular complexity index is 1360. The fourth-order valence-corrected chi connectivity index (χ4v) is 4.27. The first-order valence-electron chi connectivity index (χ1n) is 11.2. The Labute approximate surface area is 205 Å². The summed E-state index contributed by atoms with van der Waals surface area (Å²) in [5.41, 5.74) is 5.54. The summed E-state index contributed by atoms with van der Waals surface area (Å²) in [5, 5.41) is 4.20. The third-order valence-corrected chi connectivity index (χ3v) is 5.92. The predicted octanol–water partition coefficient (Wildman–Crippen LogP) is 5.65. The standard InChI is InChI=1S/C27H31ClN4O2/c1-7-8-24(28)29-10-9-20-12-21(25-18(5)15-32(16(2)3)23(25)13-20)26(33)30-14-22-17(4)11-19(6)31-27(22)34/h7-8,10-13,15-16H,1,9,14H2,2-6H3,(H,30,33)(H,31,34)/b24-8-,29-10-. The van der Waals surface area contributed by atoms with Crippen LogP contribution >= 0.6 is 11.6 Å². The van der Waals surface area contributed by atoms with Crippen molar-refractivity contribution in [3.8, 4) is 0 Å². The molecular formula is C27H31ClN4O2. The number of aromatic amines is 1. The second kappa shape index (κ2) is 10.7. The van der Waals surface area contributed by atoms with Crippen LogP contribution in [0, 0.1) is 20.8 Å². The molecule has 178 valence electrons. The first kappa shape index (κ1) is 25.2. The molecule has 0 fully saturated rings. The van der Waals surface area contributed by atoms with Gasteiger partial charge in [-0.25, -0.2) is 4.99 Å². The number of hydrogen-bond donors (Lipinski definition) is 2. The van der Waals surface area contributed by atoms with Gasteiger partial charge < -0.3 is 14.9 Å². The molecule has 0 radical (unpaired) electrons. The molecular weight excluding hydrogens is 448 g/mol. The Morgan fingerprint density at radius 2 is 1.97 bits per heavy atom. The summed E-state index contributed by atoms with van der Waals surface area (Å²) in [6.07, 6.45) is 7.49. The van der Waals surface area contributed by atoms with Crippen molar-refractivity contribution in [2.24, 2.45) is 4.99 Å². The van der Waals surface area contributed by atoms with Gasteiger partial charge in [-0.3, -0.25) is 9.59 Å². The molecule has 1 amide bonds. The van der Waals surface area contributed by atoms with Crippen molar-refractivity contribution in [3.05, 3.63) is 92.1 Å².